The summed E-state index contributed by atoms with van der Waals surface area (Å²) in [5.74, 6) is -0.323. The van der Waals surface area contributed by atoms with Crippen molar-refractivity contribution in [2.24, 2.45) is 0 Å². The summed E-state index contributed by atoms with van der Waals surface area (Å²) in [6.07, 6.45) is -2.29. The fourth-order valence-electron chi connectivity index (χ4n) is 3.73. The number of phenolic OH excluding ortho intramolecular Hbond substituents is 1. The van der Waals surface area contributed by atoms with Crippen LogP contribution in [0.5, 0.6) is 5.75 Å². The molecule has 1 saturated heterocycles. The number of aryl methyl sites for hydroxylation is 1. The summed E-state index contributed by atoms with van der Waals surface area (Å²) in [5, 5.41) is 10.1. The average molecular weight is 342 g/mol. The number of halogens is 3. The minimum Gasteiger partial charge on any atom is -0.508 e. The van der Waals surface area contributed by atoms with Gasteiger partial charge in [0, 0.05) is 31.7 Å². The molecule has 7 heteroatoms. The van der Waals surface area contributed by atoms with Gasteiger partial charge in [-0.1, -0.05) is 12.1 Å². The number of hydrogen-bond acceptors (Lipinski definition) is 3. The lowest BCUT2D eigenvalue weighted by molar-refractivity contribution is -0.145. The van der Waals surface area contributed by atoms with Crippen LogP contribution in [0.25, 0.3) is 0 Å². The molecule has 1 aromatic rings. The van der Waals surface area contributed by atoms with E-state index >= 15 is 0 Å². The number of hydrogen-bond donors (Lipinski definition) is 1. The van der Waals surface area contributed by atoms with E-state index in [-0.39, 0.29) is 24.1 Å². The molecule has 3 rings (SSSR count). The lowest BCUT2D eigenvalue weighted by atomic mass is 9.98. The highest BCUT2D eigenvalue weighted by Gasteiger charge is 2.36. The monoisotopic (exact) mass is 342 g/mol. The van der Waals surface area contributed by atoms with Crippen LogP contribution in [-0.4, -0.2) is 59.7 Å². The van der Waals surface area contributed by atoms with Crippen molar-refractivity contribution < 1.29 is 23.1 Å². The molecule has 1 unspecified atom stereocenters. The van der Waals surface area contributed by atoms with Crippen LogP contribution in [0, 0.1) is 0 Å². The van der Waals surface area contributed by atoms with Crippen molar-refractivity contribution in [1.82, 2.24) is 9.80 Å². The minimum atomic E-state index is -4.21. The molecule has 0 spiro atoms. The molecule has 0 bridgehead atoms. The van der Waals surface area contributed by atoms with Crippen LogP contribution in [-0.2, 0) is 11.2 Å². The number of carbonyl (C=O) groups is 1. The average Bonchev–Trinajstić information content (AvgIpc) is 2.81. The van der Waals surface area contributed by atoms with Crippen molar-refractivity contribution in [2.45, 2.75) is 31.4 Å². The second-order valence-corrected chi connectivity index (χ2v) is 6.51. The Labute approximate surface area is 138 Å². The molecule has 1 N–H and O–H groups in total. The summed E-state index contributed by atoms with van der Waals surface area (Å²) in [6.45, 7) is 0.407. The third kappa shape index (κ3) is 3.66. The van der Waals surface area contributed by atoms with E-state index in [4.69, 9.17) is 0 Å². The van der Waals surface area contributed by atoms with Gasteiger partial charge in [-0.05, 0) is 30.9 Å². The lowest BCUT2D eigenvalue weighted by Crippen LogP contribution is -2.39. The molecule has 24 heavy (non-hydrogen) atoms. The fourth-order valence-corrected chi connectivity index (χ4v) is 3.73. The molecule has 0 radical (unpaired) electrons. The second kappa shape index (κ2) is 6.63. The van der Waals surface area contributed by atoms with Gasteiger partial charge < -0.3 is 10.0 Å². The first-order valence-electron chi connectivity index (χ1n) is 8.24. The molecule has 1 amide bonds. The standard InChI is InChI=1S/C17H21F3N2O2/c18-17(19,20)11-21-7-2-8-22(10-9-21)16(24)13-6-5-12-3-1-4-14(23)15(12)13/h1,3-4,13,23H,2,5-11H2. The topological polar surface area (TPSA) is 43.8 Å². The molecular formula is C17H21F3N2O2. The van der Waals surface area contributed by atoms with Gasteiger partial charge in [-0.2, -0.15) is 13.2 Å². The lowest BCUT2D eigenvalue weighted by Gasteiger charge is -2.25. The summed E-state index contributed by atoms with van der Waals surface area (Å²) in [6, 6.07) is 5.26. The van der Waals surface area contributed by atoms with Crippen LogP contribution in [0.4, 0.5) is 13.2 Å². The Kier molecular flexibility index (Phi) is 4.71. The van der Waals surface area contributed by atoms with Gasteiger partial charge >= 0.3 is 6.18 Å². The van der Waals surface area contributed by atoms with Crippen molar-refractivity contribution >= 4 is 5.91 Å². The quantitative estimate of drug-likeness (QED) is 0.898. The number of carbonyl (C=O) groups excluding carboxylic acids is 1. The maximum absolute atomic E-state index is 12.8. The Hall–Kier alpha value is -1.76. The highest BCUT2D eigenvalue weighted by Crippen LogP contribution is 2.40. The number of aromatic hydroxyl groups is 1. The Morgan fingerprint density at radius 2 is 2.00 bits per heavy atom. The zero-order chi connectivity index (χ0) is 17.3. The number of rotatable bonds is 2. The molecule has 132 valence electrons. The van der Waals surface area contributed by atoms with Gasteiger partial charge in [0.1, 0.15) is 5.75 Å². The molecule has 1 aromatic carbocycles. The Bertz CT molecular complexity index is 618. The predicted molar refractivity (Wildman–Crippen MR) is 82.9 cm³/mol. The number of nitrogens with zero attached hydrogens (tertiary/aromatic N) is 2. The van der Waals surface area contributed by atoms with Gasteiger partial charge in [-0.25, -0.2) is 0 Å². The maximum atomic E-state index is 12.8. The fraction of sp³-hybridized carbons (Fsp3) is 0.588. The SMILES string of the molecule is O=C(C1CCc2cccc(O)c21)N1CCCN(CC(F)(F)F)CC1. The minimum absolute atomic E-state index is 0.0795. The number of benzene rings is 1. The molecule has 0 aromatic heterocycles. The van der Waals surface area contributed by atoms with Gasteiger partial charge in [0.05, 0.1) is 12.5 Å². The van der Waals surface area contributed by atoms with E-state index in [0.717, 1.165) is 12.0 Å². The Balaban J connectivity index is 1.67. The Morgan fingerprint density at radius 3 is 2.75 bits per heavy atom. The van der Waals surface area contributed by atoms with E-state index in [1.807, 2.05) is 6.07 Å². The largest absolute Gasteiger partial charge is 0.508 e. The zero-order valence-corrected chi connectivity index (χ0v) is 13.4. The van der Waals surface area contributed by atoms with Crippen LogP contribution < -0.4 is 0 Å². The highest BCUT2D eigenvalue weighted by molar-refractivity contribution is 5.86. The van der Waals surface area contributed by atoms with Crippen molar-refractivity contribution in [2.75, 3.05) is 32.7 Å². The predicted octanol–water partition coefficient (Wildman–Crippen LogP) is 2.52. The first kappa shape index (κ1) is 17.1. The van der Waals surface area contributed by atoms with Crippen LogP contribution in [0.2, 0.25) is 0 Å². The van der Waals surface area contributed by atoms with Crippen molar-refractivity contribution in [3.05, 3.63) is 29.3 Å². The number of amides is 1. The summed E-state index contributed by atoms with van der Waals surface area (Å²) < 4.78 is 37.6. The molecule has 0 saturated carbocycles. The van der Waals surface area contributed by atoms with Gasteiger partial charge in [0.2, 0.25) is 5.91 Å². The third-order valence-electron chi connectivity index (χ3n) is 4.83. The van der Waals surface area contributed by atoms with E-state index in [1.54, 1.807) is 17.0 Å². The smallest absolute Gasteiger partial charge is 0.401 e. The van der Waals surface area contributed by atoms with Crippen molar-refractivity contribution in [1.29, 1.82) is 0 Å². The van der Waals surface area contributed by atoms with Crippen LogP contribution in [0.1, 0.15) is 29.9 Å². The van der Waals surface area contributed by atoms with Crippen LogP contribution in [0.3, 0.4) is 0 Å². The summed E-state index contributed by atoms with van der Waals surface area (Å²) >= 11 is 0. The van der Waals surface area contributed by atoms with Crippen LogP contribution >= 0.6 is 0 Å². The van der Waals surface area contributed by atoms with E-state index in [1.165, 1.54) is 4.90 Å². The van der Waals surface area contributed by atoms with E-state index in [2.05, 4.69) is 0 Å². The summed E-state index contributed by atoms with van der Waals surface area (Å²) in [5.41, 5.74) is 1.68. The van der Waals surface area contributed by atoms with Crippen molar-refractivity contribution in [3.8, 4) is 5.75 Å². The molecule has 1 atom stereocenters. The van der Waals surface area contributed by atoms with Crippen LogP contribution in [0.15, 0.2) is 18.2 Å². The van der Waals surface area contributed by atoms with Gasteiger partial charge in [0.25, 0.3) is 0 Å². The maximum Gasteiger partial charge on any atom is 0.401 e. The third-order valence-corrected chi connectivity index (χ3v) is 4.83. The molecule has 1 aliphatic heterocycles. The summed E-state index contributed by atoms with van der Waals surface area (Å²) in [4.78, 5) is 15.8. The molecule has 2 aliphatic rings. The van der Waals surface area contributed by atoms with E-state index in [9.17, 15) is 23.1 Å². The second-order valence-electron chi connectivity index (χ2n) is 6.51. The van der Waals surface area contributed by atoms with Crippen molar-refractivity contribution in [3.63, 3.8) is 0 Å². The molecule has 1 heterocycles. The highest BCUT2D eigenvalue weighted by atomic mass is 19.4. The van der Waals surface area contributed by atoms with Gasteiger partial charge in [-0.3, -0.25) is 9.69 Å². The first-order valence-corrected chi connectivity index (χ1v) is 8.24. The van der Waals surface area contributed by atoms with Gasteiger partial charge in [0.15, 0.2) is 0 Å². The summed E-state index contributed by atoms with van der Waals surface area (Å²) in [7, 11) is 0. The van der Waals surface area contributed by atoms with E-state index < -0.39 is 12.7 Å². The Morgan fingerprint density at radius 1 is 1.21 bits per heavy atom. The molecular weight excluding hydrogens is 321 g/mol. The zero-order valence-electron chi connectivity index (χ0n) is 13.4. The normalized spacial score (nSPS) is 22.3. The molecule has 1 aliphatic carbocycles. The number of phenols is 1. The molecule has 4 nitrogen and oxygen atoms in total. The number of alkyl halides is 3. The number of fused-ring (bicyclic) bond motifs is 1. The molecule has 1 fully saturated rings. The van der Waals surface area contributed by atoms with E-state index in [0.29, 0.717) is 38.0 Å². The van der Waals surface area contributed by atoms with Gasteiger partial charge in [-0.15, -0.1) is 0 Å². The first-order chi connectivity index (χ1) is 11.3.